The molecule has 0 saturated heterocycles. The molecule has 1 aliphatic carbocycles. The molecular formula is C24H35NO2. The Hall–Kier alpha value is -1.58. The van der Waals surface area contributed by atoms with E-state index < -0.39 is 5.54 Å². The zero-order valence-electron chi connectivity index (χ0n) is 17.3. The highest BCUT2D eigenvalue weighted by Gasteiger charge is 2.32. The lowest BCUT2D eigenvalue weighted by Crippen LogP contribution is -2.36. The van der Waals surface area contributed by atoms with Crippen LogP contribution < -0.4 is 10.5 Å². The van der Waals surface area contributed by atoms with Gasteiger partial charge in [0.25, 0.3) is 0 Å². The van der Waals surface area contributed by atoms with Crippen LogP contribution in [0.15, 0.2) is 36.4 Å². The number of benzene rings is 2. The van der Waals surface area contributed by atoms with E-state index in [1.54, 1.807) is 0 Å². The average molecular weight is 370 g/mol. The molecule has 1 aliphatic rings. The van der Waals surface area contributed by atoms with Gasteiger partial charge in [0.1, 0.15) is 5.75 Å². The van der Waals surface area contributed by atoms with Crippen molar-refractivity contribution >= 4 is 10.8 Å². The van der Waals surface area contributed by atoms with Crippen molar-refractivity contribution < 1.29 is 9.84 Å². The lowest BCUT2D eigenvalue weighted by atomic mass is 9.69. The molecule has 3 nitrogen and oxygen atoms in total. The minimum Gasteiger partial charge on any atom is -0.490 e. The van der Waals surface area contributed by atoms with Gasteiger partial charge in [-0.2, -0.15) is 0 Å². The van der Waals surface area contributed by atoms with Crippen molar-refractivity contribution in [3.05, 3.63) is 42.0 Å². The van der Waals surface area contributed by atoms with Crippen LogP contribution in [-0.2, 0) is 5.54 Å². The third kappa shape index (κ3) is 4.47. The first kappa shape index (κ1) is 20.2. The van der Waals surface area contributed by atoms with Gasteiger partial charge < -0.3 is 15.6 Å². The summed E-state index contributed by atoms with van der Waals surface area (Å²) in [5, 5.41) is 11.8. The van der Waals surface area contributed by atoms with Crippen molar-refractivity contribution in [2.45, 2.75) is 71.4 Å². The van der Waals surface area contributed by atoms with Gasteiger partial charge in [-0.1, -0.05) is 45.4 Å². The zero-order valence-corrected chi connectivity index (χ0v) is 17.3. The number of hydrogen-bond donors (Lipinski definition) is 2. The zero-order chi connectivity index (χ0) is 19.7. The molecule has 0 radical (unpaired) electrons. The fourth-order valence-electron chi connectivity index (χ4n) is 4.19. The Morgan fingerprint density at radius 3 is 2.26 bits per heavy atom. The van der Waals surface area contributed by atoms with Crippen molar-refractivity contribution in [3.63, 3.8) is 0 Å². The Kier molecular flexibility index (Phi) is 5.83. The van der Waals surface area contributed by atoms with Gasteiger partial charge in [0.05, 0.1) is 18.2 Å². The van der Waals surface area contributed by atoms with Crippen LogP contribution in [0.3, 0.4) is 0 Å². The van der Waals surface area contributed by atoms with Gasteiger partial charge in [-0.05, 0) is 78.5 Å². The quantitative estimate of drug-likeness (QED) is 0.719. The lowest BCUT2D eigenvalue weighted by molar-refractivity contribution is 0.0780. The summed E-state index contributed by atoms with van der Waals surface area (Å²) in [6.45, 7) is 8.88. The van der Waals surface area contributed by atoms with Crippen LogP contribution in [0, 0.1) is 11.3 Å². The normalized spacial score (nSPS) is 23.2. The van der Waals surface area contributed by atoms with E-state index in [1.807, 2.05) is 13.0 Å². The molecular weight excluding hydrogens is 334 g/mol. The van der Waals surface area contributed by atoms with Crippen molar-refractivity contribution in [2.75, 3.05) is 6.61 Å². The summed E-state index contributed by atoms with van der Waals surface area (Å²) >= 11 is 0. The van der Waals surface area contributed by atoms with Gasteiger partial charge in [-0.3, -0.25) is 0 Å². The molecule has 3 N–H and O–H groups in total. The van der Waals surface area contributed by atoms with Gasteiger partial charge in [0, 0.05) is 0 Å². The number of aliphatic hydroxyl groups is 1. The van der Waals surface area contributed by atoms with Crippen LogP contribution in [0.2, 0.25) is 0 Å². The van der Waals surface area contributed by atoms with E-state index in [2.05, 4.69) is 51.1 Å². The molecule has 0 amide bonds. The Bertz CT molecular complexity index is 773. The van der Waals surface area contributed by atoms with E-state index in [9.17, 15) is 5.11 Å². The minimum absolute atomic E-state index is 0.0722. The molecule has 0 bridgehead atoms. The molecule has 3 rings (SSSR count). The van der Waals surface area contributed by atoms with Crippen molar-refractivity contribution in [1.82, 2.24) is 0 Å². The molecule has 0 aliphatic heterocycles. The Labute approximate surface area is 163 Å². The van der Waals surface area contributed by atoms with Crippen LogP contribution in [0.4, 0.5) is 0 Å². The van der Waals surface area contributed by atoms with Crippen LogP contribution in [0.1, 0.15) is 65.4 Å². The Morgan fingerprint density at radius 1 is 1.00 bits per heavy atom. The predicted octanol–water partition coefficient (Wildman–Crippen LogP) is 5.38. The number of nitrogens with two attached hydrogens (primary N) is 1. The second-order valence-corrected chi connectivity index (χ2v) is 9.23. The molecule has 148 valence electrons. The predicted molar refractivity (Wildman–Crippen MR) is 113 cm³/mol. The average Bonchev–Trinajstić information content (AvgIpc) is 2.68. The lowest BCUT2D eigenvalue weighted by Gasteiger charge is -2.38. The number of hydrogen-bond acceptors (Lipinski definition) is 3. The molecule has 0 aromatic heterocycles. The van der Waals surface area contributed by atoms with Crippen molar-refractivity contribution in [1.29, 1.82) is 0 Å². The second-order valence-electron chi connectivity index (χ2n) is 9.23. The molecule has 1 saturated carbocycles. The SMILES string of the molecule is CCC(C)(C)C1CCC(Oc2ccc3cc(C(C)(N)CO)ccc3c2)CC1. The van der Waals surface area contributed by atoms with Crippen LogP contribution in [0.5, 0.6) is 5.75 Å². The van der Waals surface area contributed by atoms with Crippen molar-refractivity contribution in [2.24, 2.45) is 17.1 Å². The summed E-state index contributed by atoms with van der Waals surface area (Å²) in [6, 6.07) is 12.4. The van der Waals surface area contributed by atoms with E-state index in [1.165, 1.54) is 19.3 Å². The molecule has 1 atom stereocenters. The molecule has 2 aromatic rings. The Balaban J connectivity index is 1.67. The van der Waals surface area contributed by atoms with Gasteiger partial charge in [-0.25, -0.2) is 0 Å². The fraction of sp³-hybridized carbons (Fsp3) is 0.583. The number of aliphatic hydroxyl groups excluding tert-OH is 1. The van der Waals surface area contributed by atoms with Crippen molar-refractivity contribution in [3.8, 4) is 5.75 Å². The van der Waals surface area contributed by atoms with Gasteiger partial charge in [0.15, 0.2) is 0 Å². The van der Waals surface area contributed by atoms with E-state index in [-0.39, 0.29) is 6.61 Å². The monoisotopic (exact) mass is 369 g/mol. The van der Waals surface area contributed by atoms with Gasteiger partial charge in [-0.15, -0.1) is 0 Å². The summed E-state index contributed by atoms with van der Waals surface area (Å²) in [5.74, 6) is 1.76. The van der Waals surface area contributed by atoms with Crippen LogP contribution in [-0.4, -0.2) is 17.8 Å². The molecule has 2 aromatic carbocycles. The van der Waals surface area contributed by atoms with E-state index in [0.717, 1.165) is 40.8 Å². The largest absolute Gasteiger partial charge is 0.490 e. The fourth-order valence-corrected chi connectivity index (χ4v) is 4.19. The summed E-state index contributed by atoms with van der Waals surface area (Å²) in [6.07, 6.45) is 6.39. The number of fused-ring (bicyclic) bond motifs is 1. The minimum atomic E-state index is -0.714. The molecule has 0 heterocycles. The highest BCUT2D eigenvalue weighted by molar-refractivity contribution is 5.84. The smallest absolute Gasteiger partial charge is 0.120 e. The topological polar surface area (TPSA) is 55.5 Å². The Morgan fingerprint density at radius 2 is 1.63 bits per heavy atom. The molecule has 1 unspecified atom stereocenters. The second kappa shape index (κ2) is 7.81. The maximum absolute atomic E-state index is 9.49. The van der Waals surface area contributed by atoms with Gasteiger partial charge >= 0.3 is 0 Å². The summed E-state index contributed by atoms with van der Waals surface area (Å²) < 4.78 is 6.31. The summed E-state index contributed by atoms with van der Waals surface area (Å²) in [4.78, 5) is 0. The molecule has 27 heavy (non-hydrogen) atoms. The standard InChI is InChI=1S/C24H35NO2/c1-5-23(2,3)19-9-12-21(13-10-19)27-22-11-7-17-14-20(24(4,25)16-26)8-6-18(17)15-22/h6-8,11,14-15,19,21,26H,5,9-10,12-13,16,25H2,1-4H3. The van der Waals surface area contributed by atoms with Crippen LogP contribution >= 0.6 is 0 Å². The van der Waals surface area contributed by atoms with E-state index in [4.69, 9.17) is 10.5 Å². The van der Waals surface area contributed by atoms with E-state index >= 15 is 0 Å². The maximum atomic E-state index is 9.49. The molecule has 0 spiro atoms. The third-order valence-corrected chi connectivity index (χ3v) is 6.79. The van der Waals surface area contributed by atoms with Gasteiger partial charge in [0.2, 0.25) is 0 Å². The van der Waals surface area contributed by atoms with Crippen LogP contribution in [0.25, 0.3) is 10.8 Å². The maximum Gasteiger partial charge on any atom is 0.120 e. The summed E-state index contributed by atoms with van der Waals surface area (Å²) in [5.41, 5.74) is 6.83. The van der Waals surface area contributed by atoms with E-state index in [0.29, 0.717) is 11.5 Å². The number of ether oxygens (including phenoxy) is 1. The first-order valence-corrected chi connectivity index (χ1v) is 10.4. The first-order valence-electron chi connectivity index (χ1n) is 10.4. The number of rotatable bonds is 6. The highest BCUT2D eigenvalue weighted by Crippen LogP contribution is 2.41. The highest BCUT2D eigenvalue weighted by atomic mass is 16.5. The molecule has 3 heteroatoms. The first-order chi connectivity index (χ1) is 12.7. The summed E-state index contributed by atoms with van der Waals surface area (Å²) in [7, 11) is 0. The third-order valence-electron chi connectivity index (χ3n) is 6.79. The molecule has 1 fully saturated rings.